The molecule has 1 fully saturated rings. The van der Waals surface area contributed by atoms with E-state index in [1.807, 2.05) is 42.4 Å². The average molecular weight is 284 g/mol. The van der Waals surface area contributed by atoms with Gasteiger partial charge in [0.1, 0.15) is 0 Å². The topological polar surface area (TPSA) is 36.1 Å². The number of H-pyrrole nitrogens is 1. The Hall–Kier alpha value is -1.77. The predicted octanol–water partition coefficient (Wildman–Crippen LogP) is 4.21. The normalized spacial score (nSPS) is 18.8. The number of carbonyl (C=O) groups excluding carboxylic acids is 1. The van der Waals surface area contributed by atoms with Crippen LogP contribution in [0.4, 0.5) is 0 Å². The Morgan fingerprint density at radius 1 is 1.24 bits per heavy atom. The maximum absolute atomic E-state index is 12.7. The van der Waals surface area contributed by atoms with Crippen LogP contribution in [0.25, 0.3) is 10.9 Å². The molecule has 3 nitrogen and oxygen atoms in total. The van der Waals surface area contributed by atoms with Crippen molar-refractivity contribution in [1.29, 1.82) is 0 Å². The fraction of sp³-hybridized carbons (Fsp3) is 0.500. The lowest BCUT2D eigenvalue weighted by molar-refractivity contribution is 0.0635. The largest absolute Gasteiger partial charge is 0.361 e. The summed E-state index contributed by atoms with van der Waals surface area (Å²) in [5, 5.41) is 1.15. The number of benzene rings is 1. The molecule has 1 aromatic heterocycles. The maximum Gasteiger partial charge on any atom is 0.253 e. The molecule has 0 atom stereocenters. The highest BCUT2D eigenvalue weighted by Gasteiger charge is 2.30. The van der Waals surface area contributed by atoms with Crippen molar-refractivity contribution < 1.29 is 4.79 Å². The van der Waals surface area contributed by atoms with E-state index in [-0.39, 0.29) is 5.91 Å². The van der Waals surface area contributed by atoms with Gasteiger partial charge < -0.3 is 9.88 Å². The highest BCUT2D eigenvalue weighted by Crippen LogP contribution is 2.36. The molecule has 1 aromatic carbocycles. The van der Waals surface area contributed by atoms with Gasteiger partial charge in [0.05, 0.1) is 0 Å². The van der Waals surface area contributed by atoms with Gasteiger partial charge in [-0.1, -0.05) is 19.9 Å². The summed E-state index contributed by atoms with van der Waals surface area (Å²) in [5.74, 6) is 0.135. The summed E-state index contributed by atoms with van der Waals surface area (Å²) in [6, 6.07) is 8.31. The van der Waals surface area contributed by atoms with Gasteiger partial charge in [-0.15, -0.1) is 0 Å². The molecule has 0 saturated heterocycles. The Balaban J connectivity index is 1.75. The first-order valence-electron chi connectivity index (χ1n) is 7.81. The Bertz CT molecular complexity index is 646. The van der Waals surface area contributed by atoms with Gasteiger partial charge >= 0.3 is 0 Å². The van der Waals surface area contributed by atoms with Crippen LogP contribution in [-0.4, -0.2) is 28.9 Å². The molecule has 1 saturated carbocycles. The zero-order valence-electron chi connectivity index (χ0n) is 13.1. The summed E-state index contributed by atoms with van der Waals surface area (Å²) >= 11 is 0. The van der Waals surface area contributed by atoms with Crippen LogP contribution in [0.15, 0.2) is 30.5 Å². The van der Waals surface area contributed by atoms with Crippen molar-refractivity contribution in [3.05, 3.63) is 36.0 Å². The highest BCUT2D eigenvalue weighted by molar-refractivity contribution is 5.97. The second-order valence-electron chi connectivity index (χ2n) is 7.09. The molecule has 21 heavy (non-hydrogen) atoms. The van der Waals surface area contributed by atoms with Crippen molar-refractivity contribution in [2.24, 2.45) is 5.41 Å². The molecule has 0 spiro atoms. The van der Waals surface area contributed by atoms with Crippen molar-refractivity contribution >= 4 is 16.8 Å². The molecular formula is C18H24N2O. The molecule has 0 unspecified atom stereocenters. The van der Waals surface area contributed by atoms with E-state index in [0.717, 1.165) is 29.3 Å². The number of hydrogen-bond acceptors (Lipinski definition) is 1. The number of aromatic nitrogens is 1. The van der Waals surface area contributed by atoms with Crippen LogP contribution in [0.2, 0.25) is 0 Å². The van der Waals surface area contributed by atoms with Crippen LogP contribution in [0, 0.1) is 5.41 Å². The van der Waals surface area contributed by atoms with Crippen molar-refractivity contribution in [2.45, 2.75) is 45.6 Å². The second kappa shape index (κ2) is 5.21. The predicted molar refractivity (Wildman–Crippen MR) is 86.4 cm³/mol. The van der Waals surface area contributed by atoms with Crippen LogP contribution in [0.1, 0.15) is 49.9 Å². The molecule has 0 radical (unpaired) electrons. The summed E-state index contributed by atoms with van der Waals surface area (Å²) in [5.41, 5.74) is 2.24. The van der Waals surface area contributed by atoms with Crippen LogP contribution in [0.5, 0.6) is 0 Å². The monoisotopic (exact) mass is 284 g/mol. The first kappa shape index (κ1) is 14.2. The summed E-state index contributed by atoms with van der Waals surface area (Å²) < 4.78 is 0. The third-order valence-corrected chi connectivity index (χ3v) is 4.98. The SMILES string of the molecule is CN(C(=O)c1ccc2cc[nH]c2c1)C1CCC(C)(C)CC1. The number of rotatable bonds is 2. The van der Waals surface area contributed by atoms with Crippen molar-refractivity contribution in [3.8, 4) is 0 Å². The van der Waals surface area contributed by atoms with E-state index in [1.54, 1.807) is 0 Å². The fourth-order valence-corrected chi connectivity index (χ4v) is 3.32. The summed E-state index contributed by atoms with van der Waals surface area (Å²) in [7, 11) is 1.95. The number of carbonyl (C=O) groups is 1. The summed E-state index contributed by atoms with van der Waals surface area (Å²) in [6.45, 7) is 4.65. The lowest BCUT2D eigenvalue weighted by atomic mass is 9.75. The first-order valence-corrected chi connectivity index (χ1v) is 7.81. The van der Waals surface area contributed by atoms with Crippen LogP contribution in [0.3, 0.4) is 0 Å². The zero-order chi connectivity index (χ0) is 15.0. The Labute approximate surface area is 126 Å². The molecule has 3 rings (SSSR count). The molecule has 0 bridgehead atoms. The van der Waals surface area contributed by atoms with Gasteiger partial charge in [-0.25, -0.2) is 0 Å². The van der Waals surface area contributed by atoms with Crippen LogP contribution >= 0.6 is 0 Å². The minimum Gasteiger partial charge on any atom is -0.361 e. The Kier molecular flexibility index (Phi) is 3.52. The molecule has 1 heterocycles. The second-order valence-corrected chi connectivity index (χ2v) is 7.09. The van der Waals surface area contributed by atoms with Gasteiger partial charge in [0, 0.05) is 30.4 Å². The van der Waals surface area contributed by atoms with Gasteiger partial charge in [-0.05, 0) is 54.7 Å². The Morgan fingerprint density at radius 2 is 1.95 bits per heavy atom. The van der Waals surface area contributed by atoms with Crippen molar-refractivity contribution in [2.75, 3.05) is 7.05 Å². The molecule has 1 N–H and O–H groups in total. The molecule has 2 aromatic rings. The van der Waals surface area contributed by atoms with Crippen molar-refractivity contribution in [3.63, 3.8) is 0 Å². The molecule has 1 aliphatic rings. The van der Waals surface area contributed by atoms with Crippen molar-refractivity contribution in [1.82, 2.24) is 9.88 Å². The number of nitrogens with zero attached hydrogens (tertiary/aromatic N) is 1. The molecule has 1 aliphatic carbocycles. The van der Waals surface area contributed by atoms with E-state index in [1.165, 1.54) is 12.8 Å². The lowest BCUT2D eigenvalue weighted by Crippen LogP contribution is -2.40. The molecule has 3 heteroatoms. The molecule has 1 amide bonds. The third kappa shape index (κ3) is 2.82. The standard InChI is InChI=1S/C18H24N2O/c1-18(2)9-6-15(7-10-18)20(3)17(21)14-5-4-13-8-11-19-16(13)12-14/h4-5,8,11-12,15,19H,6-7,9-10H2,1-3H3. The number of aromatic amines is 1. The van der Waals surface area contributed by atoms with E-state index >= 15 is 0 Å². The minimum absolute atomic E-state index is 0.135. The number of fused-ring (bicyclic) bond motifs is 1. The number of nitrogens with one attached hydrogen (secondary N) is 1. The molecule has 0 aliphatic heterocycles. The molecule has 112 valence electrons. The summed E-state index contributed by atoms with van der Waals surface area (Å²) in [4.78, 5) is 17.8. The lowest BCUT2D eigenvalue weighted by Gasteiger charge is -2.38. The third-order valence-electron chi connectivity index (χ3n) is 4.98. The average Bonchev–Trinajstić information content (AvgIpc) is 2.93. The fourth-order valence-electron chi connectivity index (χ4n) is 3.32. The van der Waals surface area contributed by atoms with Gasteiger partial charge in [-0.2, -0.15) is 0 Å². The van der Waals surface area contributed by atoms with E-state index < -0.39 is 0 Å². The van der Waals surface area contributed by atoms with E-state index in [0.29, 0.717) is 11.5 Å². The van der Waals surface area contributed by atoms with Gasteiger partial charge in [0.15, 0.2) is 0 Å². The smallest absolute Gasteiger partial charge is 0.253 e. The van der Waals surface area contributed by atoms with Gasteiger partial charge in [0.2, 0.25) is 0 Å². The van der Waals surface area contributed by atoms with E-state index in [9.17, 15) is 4.79 Å². The number of amides is 1. The van der Waals surface area contributed by atoms with E-state index in [4.69, 9.17) is 0 Å². The molecular weight excluding hydrogens is 260 g/mol. The zero-order valence-corrected chi connectivity index (χ0v) is 13.1. The quantitative estimate of drug-likeness (QED) is 0.881. The van der Waals surface area contributed by atoms with Gasteiger partial charge in [-0.3, -0.25) is 4.79 Å². The van der Waals surface area contributed by atoms with Crippen LogP contribution < -0.4 is 0 Å². The highest BCUT2D eigenvalue weighted by atomic mass is 16.2. The van der Waals surface area contributed by atoms with E-state index in [2.05, 4.69) is 18.8 Å². The summed E-state index contributed by atoms with van der Waals surface area (Å²) in [6.07, 6.45) is 6.53. The Morgan fingerprint density at radius 3 is 2.67 bits per heavy atom. The minimum atomic E-state index is 0.135. The number of hydrogen-bond donors (Lipinski definition) is 1. The van der Waals surface area contributed by atoms with Gasteiger partial charge in [0.25, 0.3) is 5.91 Å². The maximum atomic E-state index is 12.7. The van der Waals surface area contributed by atoms with Crippen LogP contribution in [-0.2, 0) is 0 Å². The first-order chi connectivity index (χ1) is 9.96.